The van der Waals surface area contributed by atoms with Gasteiger partial charge in [-0.05, 0) is 29.0 Å². The summed E-state index contributed by atoms with van der Waals surface area (Å²) in [5, 5.41) is 1.73. The molecule has 0 N–H and O–H groups in total. The summed E-state index contributed by atoms with van der Waals surface area (Å²) in [6.45, 7) is 0.919. The van der Waals surface area contributed by atoms with Crippen molar-refractivity contribution in [1.82, 2.24) is 4.31 Å². The number of fused-ring (bicyclic) bond motifs is 1. The third-order valence-corrected chi connectivity index (χ3v) is 6.61. The molecular weight excluding hydrogens is 330 g/mol. The molecule has 4 heteroatoms. The van der Waals surface area contributed by atoms with Gasteiger partial charge in [0.25, 0.3) is 0 Å². The van der Waals surface area contributed by atoms with E-state index < -0.39 is 10.0 Å². The van der Waals surface area contributed by atoms with Gasteiger partial charge in [0.05, 0.1) is 4.90 Å². The summed E-state index contributed by atoms with van der Waals surface area (Å²) in [5.74, 6) is 0. The molecule has 3 nitrogen and oxygen atoms in total. The average Bonchev–Trinajstić information content (AvgIpc) is 2.68. The highest BCUT2D eigenvalue weighted by atomic mass is 32.2. The van der Waals surface area contributed by atoms with E-state index in [9.17, 15) is 8.42 Å². The molecule has 0 unspecified atom stereocenters. The van der Waals surface area contributed by atoms with Crippen LogP contribution in [0.5, 0.6) is 0 Å². The maximum atomic E-state index is 13.1. The van der Waals surface area contributed by atoms with Gasteiger partial charge in [0, 0.05) is 18.5 Å². The Labute approximate surface area is 148 Å². The summed E-state index contributed by atoms with van der Waals surface area (Å²) < 4.78 is 27.9. The van der Waals surface area contributed by atoms with Crippen molar-refractivity contribution in [3.63, 3.8) is 0 Å². The molecule has 25 heavy (non-hydrogen) atoms. The zero-order valence-corrected chi connectivity index (χ0v) is 14.6. The van der Waals surface area contributed by atoms with Crippen molar-refractivity contribution < 1.29 is 8.42 Å². The molecule has 3 aromatic rings. The molecular formula is C21H19NO2S. The lowest BCUT2D eigenvalue weighted by Crippen LogP contribution is -2.34. The fraction of sp³-hybridized carbons (Fsp3) is 0.143. The maximum absolute atomic E-state index is 13.1. The SMILES string of the molecule is O=S(=O)(c1cccc2ccccc12)N1CC=C(c2ccccc2)CC1. The summed E-state index contributed by atoms with van der Waals surface area (Å²) in [6.07, 6.45) is 2.76. The van der Waals surface area contributed by atoms with Crippen molar-refractivity contribution in [3.05, 3.63) is 84.4 Å². The van der Waals surface area contributed by atoms with Gasteiger partial charge in [0.2, 0.25) is 10.0 Å². The summed E-state index contributed by atoms with van der Waals surface area (Å²) in [5.41, 5.74) is 2.38. The number of rotatable bonds is 3. The lowest BCUT2D eigenvalue weighted by atomic mass is 10.0. The largest absolute Gasteiger partial charge is 0.243 e. The minimum absolute atomic E-state index is 0.391. The first-order valence-corrected chi connectivity index (χ1v) is 9.83. The van der Waals surface area contributed by atoms with Crippen molar-refractivity contribution in [2.24, 2.45) is 0 Å². The Morgan fingerprint density at radius 2 is 1.52 bits per heavy atom. The van der Waals surface area contributed by atoms with E-state index >= 15 is 0 Å². The second-order valence-electron chi connectivity index (χ2n) is 6.19. The quantitative estimate of drug-likeness (QED) is 0.706. The van der Waals surface area contributed by atoms with Crippen molar-refractivity contribution in [3.8, 4) is 0 Å². The standard InChI is InChI=1S/C21H19NO2S/c23-25(24,21-12-6-10-19-9-4-5-11-20(19)21)22-15-13-18(14-16-22)17-7-2-1-3-8-17/h1-13H,14-16H2. The second kappa shape index (κ2) is 6.47. The Kier molecular flexibility index (Phi) is 4.15. The highest BCUT2D eigenvalue weighted by Gasteiger charge is 2.27. The van der Waals surface area contributed by atoms with Crippen molar-refractivity contribution in [1.29, 1.82) is 0 Å². The molecule has 0 aromatic heterocycles. The number of hydrogen-bond acceptors (Lipinski definition) is 2. The second-order valence-corrected chi connectivity index (χ2v) is 8.09. The molecule has 3 aromatic carbocycles. The first-order valence-electron chi connectivity index (χ1n) is 8.39. The first kappa shape index (κ1) is 16.1. The predicted molar refractivity (Wildman–Crippen MR) is 102 cm³/mol. The van der Waals surface area contributed by atoms with Crippen LogP contribution >= 0.6 is 0 Å². The lowest BCUT2D eigenvalue weighted by molar-refractivity contribution is 0.442. The third kappa shape index (κ3) is 2.99. The van der Waals surface area contributed by atoms with Crippen molar-refractivity contribution in [2.75, 3.05) is 13.1 Å². The molecule has 1 aliphatic rings. The van der Waals surface area contributed by atoms with E-state index in [1.807, 2.05) is 60.7 Å². The average molecular weight is 349 g/mol. The van der Waals surface area contributed by atoms with Gasteiger partial charge in [0.1, 0.15) is 0 Å². The number of benzene rings is 3. The summed E-state index contributed by atoms with van der Waals surface area (Å²) in [6, 6.07) is 23.2. The van der Waals surface area contributed by atoms with Gasteiger partial charge < -0.3 is 0 Å². The summed E-state index contributed by atoms with van der Waals surface area (Å²) >= 11 is 0. The van der Waals surface area contributed by atoms with Gasteiger partial charge in [-0.3, -0.25) is 0 Å². The van der Waals surface area contributed by atoms with Gasteiger partial charge >= 0.3 is 0 Å². The molecule has 0 amide bonds. The van der Waals surface area contributed by atoms with Crippen LogP contribution in [-0.4, -0.2) is 25.8 Å². The van der Waals surface area contributed by atoms with Crippen molar-refractivity contribution in [2.45, 2.75) is 11.3 Å². The van der Waals surface area contributed by atoms with E-state index in [0.29, 0.717) is 18.0 Å². The first-order chi connectivity index (χ1) is 12.2. The molecule has 0 radical (unpaired) electrons. The molecule has 0 saturated heterocycles. The molecule has 0 atom stereocenters. The fourth-order valence-corrected chi connectivity index (χ4v) is 4.94. The summed E-state index contributed by atoms with van der Waals surface area (Å²) in [7, 11) is -3.51. The van der Waals surface area contributed by atoms with Gasteiger partial charge in [-0.15, -0.1) is 0 Å². The fourth-order valence-electron chi connectivity index (χ4n) is 3.34. The van der Waals surface area contributed by atoms with Gasteiger partial charge in [-0.25, -0.2) is 8.42 Å². The molecule has 0 spiro atoms. The number of sulfonamides is 1. The Morgan fingerprint density at radius 3 is 2.28 bits per heavy atom. The Morgan fingerprint density at radius 1 is 0.800 bits per heavy atom. The Hall–Kier alpha value is -2.43. The van der Waals surface area contributed by atoms with Crippen LogP contribution in [0.1, 0.15) is 12.0 Å². The highest BCUT2D eigenvalue weighted by Crippen LogP contribution is 2.29. The number of nitrogens with zero attached hydrogens (tertiary/aromatic N) is 1. The van der Waals surface area contributed by atoms with E-state index in [1.54, 1.807) is 10.4 Å². The third-order valence-electron chi connectivity index (χ3n) is 4.68. The minimum atomic E-state index is -3.51. The Bertz CT molecular complexity index is 1030. The van der Waals surface area contributed by atoms with Crippen LogP contribution in [0, 0.1) is 0 Å². The molecule has 0 saturated carbocycles. The smallest absolute Gasteiger partial charge is 0.207 e. The van der Waals surface area contributed by atoms with Gasteiger partial charge in [0.15, 0.2) is 0 Å². The van der Waals surface area contributed by atoms with Gasteiger partial charge in [-0.2, -0.15) is 4.31 Å². The molecule has 0 fully saturated rings. The van der Waals surface area contributed by atoms with Crippen LogP contribution in [0.2, 0.25) is 0 Å². The molecule has 0 aliphatic carbocycles. The van der Waals surface area contributed by atoms with E-state index in [2.05, 4.69) is 12.1 Å². The van der Waals surface area contributed by atoms with Crippen LogP contribution in [0.25, 0.3) is 16.3 Å². The van der Waals surface area contributed by atoms with Crippen LogP contribution in [0.4, 0.5) is 0 Å². The zero-order valence-electron chi connectivity index (χ0n) is 13.8. The monoisotopic (exact) mass is 349 g/mol. The molecule has 4 rings (SSSR count). The van der Waals surface area contributed by atoms with E-state index in [0.717, 1.165) is 17.2 Å². The highest BCUT2D eigenvalue weighted by molar-refractivity contribution is 7.89. The summed E-state index contributed by atoms with van der Waals surface area (Å²) in [4.78, 5) is 0.391. The van der Waals surface area contributed by atoms with E-state index in [1.165, 1.54) is 11.1 Å². The predicted octanol–water partition coefficient (Wildman–Crippen LogP) is 4.32. The minimum Gasteiger partial charge on any atom is -0.207 e. The molecule has 126 valence electrons. The number of hydrogen-bond donors (Lipinski definition) is 0. The normalized spacial score (nSPS) is 15.9. The van der Waals surface area contributed by atoms with Gasteiger partial charge in [-0.1, -0.05) is 72.8 Å². The molecule has 0 bridgehead atoms. The Balaban J connectivity index is 1.67. The van der Waals surface area contributed by atoms with E-state index in [4.69, 9.17) is 0 Å². The van der Waals surface area contributed by atoms with Crippen LogP contribution in [-0.2, 0) is 10.0 Å². The van der Waals surface area contributed by atoms with Crippen LogP contribution in [0.15, 0.2) is 83.8 Å². The topological polar surface area (TPSA) is 37.4 Å². The molecule has 1 heterocycles. The molecule has 1 aliphatic heterocycles. The van der Waals surface area contributed by atoms with E-state index in [-0.39, 0.29) is 0 Å². The van der Waals surface area contributed by atoms with Crippen molar-refractivity contribution >= 4 is 26.4 Å². The lowest BCUT2D eigenvalue weighted by Gasteiger charge is -2.26. The zero-order chi connectivity index (χ0) is 17.3. The van der Waals surface area contributed by atoms with Crippen LogP contribution < -0.4 is 0 Å². The maximum Gasteiger partial charge on any atom is 0.243 e. The van der Waals surface area contributed by atoms with Crippen LogP contribution in [0.3, 0.4) is 0 Å².